The van der Waals surface area contributed by atoms with Crippen LogP contribution < -0.4 is 0 Å². The van der Waals surface area contributed by atoms with Crippen LogP contribution in [0, 0.1) is 0 Å². The van der Waals surface area contributed by atoms with Crippen molar-refractivity contribution in [1.82, 2.24) is 13.7 Å². The Balaban J connectivity index is 1.07. The Morgan fingerprint density at radius 2 is 0.702 bits per heavy atom. The molecule has 0 aliphatic carbocycles. The first kappa shape index (κ1) is 31.7. The fraction of sp³-hybridized carbons (Fsp3) is 0. The Kier molecular flexibility index (Phi) is 6.93. The van der Waals surface area contributed by atoms with Gasteiger partial charge in [0.25, 0.3) is 0 Å². The third kappa shape index (κ3) is 4.79. The minimum Gasteiger partial charge on any atom is -0.309 e. The molecule has 9 aromatic carbocycles. The average Bonchev–Trinajstić information content (AvgIpc) is 3.92. The van der Waals surface area contributed by atoms with E-state index in [1.807, 2.05) is 0 Å². The molecule has 0 saturated carbocycles. The maximum absolute atomic E-state index is 2.47. The summed E-state index contributed by atoms with van der Waals surface area (Å²) < 4.78 is 7.31. The van der Waals surface area contributed by atoms with E-state index < -0.39 is 0 Å². The van der Waals surface area contributed by atoms with Crippen LogP contribution in [0.3, 0.4) is 0 Å². The number of fused-ring (bicyclic) bond motifs is 10. The summed E-state index contributed by atoms with van der Waals surface area (Å²) in [6.45, 7) is 0. The molecule has 3 nitrogen and oxygen atoms in total. The SMILES string of the molecule is c1ccc(-c2ccc(-n3c4ccccc4c4ccc5c(c6ccccc6n5-c5cccc(-c6ccc7c8ccccc8n(-c8ccccc8)c7c6)c5)c43)cc2)cc1. The van der Waals surface area contributed by atoms with Gasteiger partial charge in [-0.05, 0) is 89.0 Å². The second-order valence-corrected chi connectivity index (χ2v) is 14.9. The zero-order valence-electron chi connectivity index (χ0n) is 31.0. The van der Waals surface area contributed by atoms with Crippen LogP contribution >= 0.6 is 0 Å². The topological polar surface area (TPSA) is 14.8 Å². The fourth-order valence-electron chi connectivity index (χ4n) is 9.32. The van der Waals surface area contributed by atoms with Crippen molar-refractivity contribution >= 4 is 65.4 Å². The van der Waals surface area contributed by atoms with Gasteiger partial charge in [-0.15, -0.1) is 0 Å². The van der Waals surface area contributed by atoms with Gasteiger partial charge in [0.2, 0.25) is 0 Å². The van der Waals surface area contributed by atoms with E-state index in [4.69, 9.17) is 0 Å². The maximum atomic E-state index is 2.47. The van der Waals surface area contributed by atoms with Gasteiger partial charge in [-0.2, -0.15) is 0 Å². The highest BCUT2D eigenvalue weighted by molar-refractivity contribution is 6.26. The number of hydrogen-bond acceptors (Lipinski definition) is 0. The van der Waals surface area contributed by atoms with E-state index in [-0.39, 0.29) is 0 Å². The number of para-hydroxylation sites is 4. The third-order valence-corrected chi connectivity index (χ3v) is 11.8. The second-order valence-electron chi connectivity index (χ2n) is 14.9. The molecule has 3 heteroatoms. The molecule has 57 heavy (non-hydrogen) atoms. The molecule has 12 rings (SSSR count). The van der Waals surface area contributed by atoms with Crippen molar-refractivity contribution in [1.29, 1.82) is 0 Å². The molecule has 0 bridgehead atoms. The van der Waals surface area contributed by atoms with Crippen LogP contribution in [-0.4, -0.2) is 13.7 Å². The molecule has 0 N–H and O–H groups in total. The monoisotopic (exact) mass is 725 g/mol. The van der Waals surface area contributed by atoms with Gasteiger partial charge in [0.05, 0.1) is 33.1 Å². The van der Waals surface area contributed by atoms with Gasteiger partial charge in [0, 0.05) is 49.4 Å². The Bertz CT molecular complexity index is 3490. The van der Waals surface area contributed by atoms with Crippen LogP contribution in [0.25, 0.3) is 105 Å². The summed E-state index contributed by atoms with van der Waals surface area (Å²) >= 11 is 0. The lowest BCUT2D eigenvalue weighted by Crippen LogP contribution is -1.96. The quantitative estimate of drug-likeness (QED) is 0.168. The van der Waals surface area contributed by atoms with Crippen molar-refractivity contribution < 1.29 is 0 Å². The van der Waals surface area contributed by atoms with Crippen LogP contribution in [0.1, 0.15) is 0 Å². The van der Waals surface area contributed by atoms with Gasteiger partial charge in [-0.1, -0.05) is 146 Å². The third-order valence-electron chi connectivity index (χ3n) is 11.8. The normalized spacial score (nSPS) is 11.9. The highest BCUT2D eigenvalue weighted by Crippen LogP contribution is 2.43. The minimum absolute atomic E-state index is 1.14. The summed E-state index contributed by atoms with van der Waals surface area (Å²) in [4.78, 5) is 0. The molecule has 0 atom stereocenters. The van der Waals surface area contributed by atoms with E-state index >= 15 is 0 Å². The summed E-state index contributed by atoms with van der Waals surface area (Å²) in [5.74, 6) is 0. The molecule has 0 unspecified atom stereocenters. The number of aromatic nitrogens is 3. The van der Waals surface area contributed by atoms with E-state index in [0.29, 0.717) is 0 Å². The van der Waals surface area contributed by atoms with E-state index in [1.54, 1.807) is 0 Å². The van der Waals surface area contributed by atoms with Crippen LogP contribution in [-0.2, 0) is 0 Å². The van der Waals surface area contributed by atoms with Crippen molar-refractivity contribution in [2.75, 3.05) is 0 Å². The van der Waals surface area contributed by atoms with Crippen LogP contribution in [0.2, 0.25) is 0 Å². The highest BCUT2D eigenvalue weighted by atomic mass is 15.0. The maximum Gasteiger partial charge on any atom is 0.0641 e. The van der Waals surface area contributed by atoms with Gasteiger partial charge < -0.3 is 13.7 Å². The predicted molar refractivity (Wildman–Crippen MR) is 240 cm³/mol. The number of hydrogen-bond donors (Lipinski definition) is 0. The van der Waals surface area contributed by atoms with Crippen molar-refractivity contribution in [2.24, 2.45) is 0 Å². The molecule has 0 fully saturated rings. The summed E-state index contributed by atoms with van der Waals surface area (Å²) in [7, 11) is 0. The largest absolute Gasteiger partial charge is 0.309 e. The fourth-order valence-corrected chi connectivity index (χ4v) is 9.32. The molecule has 0 spiro atoms. The van der Waals surface area contributed by atoms with Crippen LogP contribution in [0.15, 0.2) is 212 Å². The van der Waals surface area contributed by atoms with Crippen molar-refractivity contribution in [2.45, 2.75) is 0 Å². The molecule has 0 aliphatic rings. The van der Waals surface area contributed by atoms with Gasteiger partial charge in [-0.25, -0.2) is 0 Å². The molecular formula is C54H35N3. The predicted octanol–water partition coefficient (Wildman–Crippen LogP) is 14.3. The number of nitrogens with zero attached hydrogens (tertiary/aromatic N) is 3. The molecule has 266 valence electrons. The van der Waals surface area contributed by atoms with E-state index in [2.05, 4.69) is 226 Å². The molecule has 0 radical (unpaired) electrons. The summed E-state index contributed by atoms with van der Waals surface area (Å²) in [5.41, 5.74) is 15.5. The van der Waals surface area contributed by atoms with Crippen molar-refractivity contribution in [3.05, 3.63) is 212 Å². The Labute approximate surface area is 329 Å². The highest BCUT2D eigenvalue weighted by Gasteiger charge is 2.21. The van der Waals surface area contributed by atoms with Crippen LogP contribution in [0.5, 0.6) is 0 Å². The number of benzene rings is 9. The van der Waals surface area contributed by atoms with Gasteiger partial charge in [0.15, 0.2) is 0 Å². The Morgan fingerprint density at radius 3 is 1.46 bits per heavy atom. The average molecular weight is 726 g/mol. The molecule has 3 heterocycles. The minimum atomic E-state index is 1.14. The number of rotatable bonds is 5. The Morgan fingerprint density at radius 1 is 0.228 bits per heavy atom. The summed E-state index contributed by atoms with van der Waals surface area (Å²) in [6, 6.07) is 77.4. The zero-order valence-corrected chi connectivity index (χ0v) is 31.0. The molecule has 0 aliphatic heterocycles. The first-order valence-electron chi connectivity index (χ1n) is 19.6. The first-order chi connectivity index (χ1) is 28.3. The van der Waals surface area contributed by atoms with Gasteiger partial charge >= 0.3 is 0 Å². The molecule has 3 aromatic heterocycles. The van der Waals surface area contributed by atoms with Crippen molar-refractivity contribution in [3.63, 3.8) is 0 Å². The van der Waals surface area contributed by atoms with E-state index in [0.717, 1.165) is 17.1 Å². The Hall–Kier alpha value is -7.62. The molecule has 0 amide bonds. The molecule has 12 aromatic rings. The van der Waals surface area contributed by atoms with Crippen LogP contribution in [0.4, 0.5) is 0 Å². The molecular weight excluding hydrogens is 691 g/mol. The second kappa shape index (κ2) is 12.5. The standard InChI is InChI=1S/C54H35N3/c1-3-14-36(15-4-1)37-26-29-41(30-27-37)57-49-24-11-8-21-44(49)46-32-33-51-53(54(46)57)47-22-9-12-25-50(47)56(51)42-19-13-16-38(34-42)39-28-31-45-43-20-7-10-23-48(43)55(52(45)35-39)40-17-5-2-6-18-40/h1-35H. The smallest absolute Gasteiger partial charge is 0.0641 e. The van der Waals surface area contributed by atoms with E-state index in [1.165, 1.54) is 87.7 Å². The molecule has 0 saturated heterocycles. The van der Waals surface area contributed by atoms with E-state index in [9.17, 15) is 0 Å². The summed E-state index contributed by atoms with van der Waals surface area (Å²) in [6.07, 6.45) is 0. The van der Waals surface area contributed by atoms with Gasteiger partial charge in [0.1, 0.15) is 0 Å². The lowest BCUT2D eigenvalue weighted by Gasteiger charge is -2.12. The van der Waals surface area contributed by atoms with Gasteiger partial charge in [-0.3, -0.25) is 0 Å². The van der Waals surface area contributed by atoms with Crippen molar-refractivity contribution in [3.8, 4) is 39.3 Å². The summed E-state index contributed by atoms with van der Waals surface area (Å²) in [5, 5.41) is 7.52. The lowest BCUT2D eigenvalue weighted by molar-refractivity contribution is 1.17. The zero-order chi connectivity index (χ0) is 37.5. The first-order valence-corrected chi connectivity index (χ1v) is 19.6. The lowest BCUT2D eigenvalue weighted by atomic mass is 10.0.